The van der Waals surface area contributed by atoms with E-state index in [1.165, 1.54) is 63.3 Å². The molecule has 2 heteroatoms. The molecule has 2 nitrogen and oxygen atoms in total. The summed E-state index contributed by atoms with van der Waals surface area (Å²) in [6.45, 7) is 18.4. The SMILES string of the molecule is CC.CC.CC1(C)CCC2(C)C3CC[C@@]4(C)C(CCC4n4cnc5ccccc54)C3CC[C@@H]2C1. The van der Waals surface area contributed by atoms with Crippen LogP contribution in [-0.2, 0) is 0 Å². The van der Waals surface area contributed by atoms with Crippen LogP contribution in [0.25, 0.3) is 11.0 Å². The second-order valence-corrected chi connectivity index (χ2v) is 12.8. The summed E-state index contributed by atoms with van der Waals surface area (Å²) in [6.07, 6.45) is 15.2. The van der Waals surface area contributed by atoms with Crippen LogP contribution >= 0.6 is 0 Å². The Morgan fingerprint density at radius 3 is 2.24 bits per heavy atom. The van der Waals surface area contributed by atoms with Crippen molar-refractivity contribution in [3.8, 4) is 0 Å². The molecule has 1 aromatic heterocycles. The van der Waals surface area contributed by atoms with E-state index in [1.807, 2.05) is 27.7 Å². The molecule has 7 atom stereocenters. The van der Waals surface area contributed by atoms with Gasteiger partial charge < -0.3 is 4.57 Å². The molecule has 0 spiro atoms. The van der Waals surface area contributed by atoms with Crippen molar-refractivity contribution in [3.05, 3.63) is 30.6 Å². The highest BCUT2D eigenvalue weighted by Crippen LogP contribution is 2.69. The van der Waals surface area contributed by atoms with E-state index in [4.69, 9.17) is 4.98 Å². The highest BCUT2D eigenvalue weighted by Gasteiger charge is 2.61. The van der Waals surface area contributed by atoms with Gasteiger partial charge >= 0.3 is 0 Å². The summed E-state index contributed by atoms with van der Waals surface area (Å²) in [4.78, 5) is 4.75. The van der Waals surface area contributed by atoms with Gasteiger partial charge in [0.2, 0.25) is 0 Å². The lowest BCUT2D eigenvalue weighted by Crippen LogP contribution is -2.54. The minimum Gasteiger partial charge on any atom is -0.327 e. The molecule has 0 aliphatic heterocycles. The van der Waals surface area contributed by atoms with E-state index in [0.29, 0.717) is 22.3 Å². The Morgan fingerprint density at radius 2 is 1.47 bits per heavy atom. The Morgan fingerprint density at radius 1 is 0.765 bits per heavy atom. The first-order valence-corrected chi connectivity index (χ1v) is 14.7. The Labute approximate surface area is 210 Å². The number of para-hydroxylation sites is 2. The van der Waals surface area contributed by atoms with Crippen molar-refractivity contribution < 1.29 is 0 Å². The molecule has 0 saturated heterocycles. The number of nitrogens with zero attached hydrogens (tertiary/aromatic N) is 2. The van der Waals surface area contributed by atoms with Gasteiger partial charge in [-0.1, -0.05) is 67.5 Å². The smallest absolute Gasteiger partial charge is 0.0961 e. The number of rotatable bonds is 1. The largest absolute Gasteiger partial charge is 0.327 e. The van der Waals surface area contributed by atoms with E-state index >= 15 is 0 Å². The second kappa shape index (κ2) is 9.62. The highest BCUT2D eigenvalue weighted by atomic mass is 15.1. The van der Waals surface area contributed by atoms with Crippen molar-refractivity contribution in [1.29, 1.82) is 0 Å². The zero-order valence-electron chi connectivity index (χ0n) is 23.5. The van der Waals surface area contributed by atoms with Crippen LogP contribution in [0.15, 0.2) is 30.6 Å². The average Bonchev–Trinajstić information content (AvgIpc) is 3.42. The first kappa shape index (κ1) is 25.8. The topological polar surface area (TPSA) is 17.8 Å². The van der Waals surface area contributed by atoms with Crippen LogP contribution in [0.2, 0.25) is 0 Å². The zero-order chi connectivity index (χ0) is 24.7. The molecular weight excluding hydrogens is 412 g/mol. The lowest BCUT2D eigenvalue weighted by molar-refractivity contribution is -0.125. The molecule has 34 heavy (non-hydrogen) atoms. The van der Waals surface area contributed by atoms with Crippen molar-refractivity contribution in [3.63, 3.8) is 0 Å². The molecule has 0 bridgehead atoms. The third kappa shape index (κ3) is 3.96. The fourth-order valence-electron chi connectivity index (χ4n) is 9.29. The summed E-state index contributed by atoms with van der Waals surface area (Å²) in [5.41, 5.74) is 4.13. The fraction of sp³-hybridized carbons (Fsp3) is 0.781. The molecule has 190 valence electrons. The minimum atomic E-state index is 0.446. The molecule has 1 heterocycles. The molecule has 4 aliphatic rings. The summed E-state index contributed by atoms with van der Waals surface area (Å²) in [7, 11) is 0. The summed E-state index contributed by atoms with van der Waals surface area (Å²) >= 11 is 0. The molecule has 5 unspecified atom stereocenters. The van der Waals surface area contributed by atoms with E-state index < -0.39 is 0 Å². The highest BCUT2D eigenvalue weighted by molar-refractivity contribution is 5.75. The van der Waals surface area contributed by atoms with Crippen LogP contribution in [0.5, 0.6) is 0 Å². The number of hydrogen-bond donors (Lipinski definition) is 0. The normalized spacial score (nSPS) is 40.1. The summed E-state index contributed by atoms with van der Waals surface area (Å²) < 4.78 is 2.56. The molecular formula is C32H52N2. The van der Waals surface area contributed by atoms with Crippen LogP contribution in [0.4, 0.5) is 0 Å². The van der Waals surface area contributed by atoms with E-state index in [-0.39, 0.29) is 0 Å². The number of hydrogen-bond acceptors (Lipinski definition) is 1. The number of benzene rings is 1. The van der Waals surface area contributed by atoms with Crippen molar-refractivity contribution in [2.75, 3.05) is 0 Å². The van der Waals surface area contributed by atoms with E-state index in [9.17, 15) is 0 Å². The molecule has 4 fully saturated rings. The Kier molecular flexibility index (Phi) is 7.30. The van der Waals surface area contributed by atoms with Crippen molar-refractivity contribution in [2.45, 2.75) is 119 Å². The molecule has 1 aromatic carbocycles. The third-order valence-corrected chi connectivity index (χ3v) is 11.0. The van der Waals surface area contributed by atoms with E-state index in [1.54, 1.807) is 0 Å². The first-order valence-electron chi connectivity index (χ1n) is 14.7. The summed E-state index contributed by atoms with van der Waals surface area (Å²) in [5, 5.41) is 0. The predicted octanol–water partition coefficient (Wildman–Crippen LogP) is 9.70. The maximum absolute atomic E-state index is 4.75. The van der Waals surface area contributed by atoms with Gasteiger partial charge in [0.15, 0.2) is 0 Å². The molecule has 4 saturated carbocycles. The van der Waals surface area contributed by atoms with Crippen molar-refractivity contribution in [1.82, 2.24) is 9.55 Å². The predicted molar refractivity (Wildman–Crippen MR) is 147 cm³/mol. The van der Waals surface area contributed by atoms with Gasteiger partial charge in [0.1, 0.15) is 0 Å². The number of aromatic nitrogens is 2. The summed E-state index contributed by atoms with van der Waals surface area (Å²) in [5.74, 6) is 3.83. The Hall–Kier alpha value is -1.31. The molecule has 4 aliphatic carbocycles. The van der Waals surface area contributed by atoms with E-state index in [0.717, 1.165) is 29.2 Å². The maximum atomic E-state index is 4.75. The Bertz CT molecular complexity index is 957. The van der Waals surface area contributed by atoms with Crippen LogP contribution in [-0.4, -0.2) is 9.55 Å². The minimum absolute atomic E-state index is 0.446. The van der Waals surface area contributed by atoms with Gasteiger partial charge in [0, 0.05) is 6.04 Å². The molecule has 0 N–H and O–H groups in total. The standard InChI is InChI=1S/C28H40N2.2C2H6/c1-26(2)15-16-27(3)19(17-26)9-10-20-21-11-12-25(28(21,4)14-13-22(20)27)30-18-29-23-7-5-6-8-24(23)30;2*1-2/h5-8,18-22,25H,9-17H2,1-4H3;2*1-2H3/t19-,20?,21?,22?,25?,27?,28+;;/m1../s1. The van der Waals surface area contributed by atoms with Gasteiger partial charge in [-0.25, -0.2) is 4.98 Å². The number of imidazole rings is 1. The second-order valence-electron chi connectivity index (χ2n) is 12.8. The van der Waals surface area contributed by atoms with Crippen LogP contribution in [0, 0.1) is 39.9 Å². The molecule has 6 rings (SSSR count). The van der Waals surface area contributed by atoms with Crippen LogP contribution < -0.4 is 0 Å². The van der Waals surface area contributed by atoms with Gasteiger partial charge in [-0.2, -0.15) is 0 Å². The lowest BCUT2D eigenvalue weighted by Gasteiger charge is -2.62. The first-order chi connectivity index (χ1) is 16.3. The molecule has 0 amide bonds. The molecule has 0 radical (unpaired) electrons. The summed E-state index contributed by atoms with van der Waals surface area (Å²) in [6, 6.07) is 9.38. The third-order valence-electron chi connectivity index (χ3n) is 11.0. The molecule has 2 aromatic rings. The quantitative estimate of drug-likeness (QED) is 0.410. The van der Waals surface area contributed by atoms with E-state index in [2.05, 4.69) is 62.9 Å². The Balaban J connectivity index is 0.000000652. The van der Waals surface area contributed by atoms with Gasteiger partial charge in [0.05, 0.1) is 17.4 Å². The lowest BCUT2D eigenvalue weighted by atomic mass is 9.43. The van der Waals surface area contributed by atoms with Crippen LogP contribution in [0.3, 0.4) is 0 Å². The van der Waals surface area contributed by atoms with Gasteiger partial charge in [-0.15, -0.1) is 0 Å². The van der Waals surface area contributed by atoms with Gasteiger partial charge in [-0.3, -0.25) is 0 Å². The number of fused-ring (bicyclic) bond motifs is 6. The van der Waals surface area contributed by atoms with Crippen molar-refractivity contribution >= 4 is 11.0 Å². The van der Waals surface area contributed by atoms with Crippen molar-refractivity contribution in [2.24, 2.45) is 39.9 Å². The zero-order valence-corrected chi connectivity index (χ0v) is 23.5. The van der Waals surface area contributed by atoms with Crippen LogP contribution in [0.1, 0.15) is 119 Å². The fourth-order valence-corrected chi connectivity index (χ4v) is 9.29. The van der Waals surface area contributed by atoms with Gasteiger partial charge in [-0.05, 0) is 110 Å². The average molecular weight is 465 g/mol. The monoisotopic (exact) mass is 464 g/mol. The van der Waals surface area contributed by atoms with Gasteiger partial charge in [0.25, 0.3) is 0 Å². The maximum Gasteiger partial charge on any atom is 0.0961 e.